The molecule has 2 fully saturated rings. The van der Waals surface area contributed by atoms with Crippen LogP contribution in [-0.2, 0) is 4.79 Å². The quantitative estimate of drug-likeness (QED) is 0.344. The molecule has 0 bridgehead atoms. The highest BCUT2D eigenvalue weighted by atomic mass is 35.5. The lowest BCUT2D eigenvalue weighted by Crippen LogP contribution is -2.36. The number of anilines is 2. The first kappa shape index (κ1) is 19.7. The van der Waals surface area contributed by atoms with Gasteiger partial charge in [-0.05, 0) is 37.5 Å². The summed E-state index contributed by atoms with van der Waals surface area (Å²) in [5.74, 6) is 1.000. The summed E-state index contributed by atoms with van der Waals surface area (Å²) in [5, 5.41) is 9.33. The molecule has 25 heavy (non-hydrogen) atoms. The van der Waals surface area contributed by atoms with Crippen molar-refractivity contribution in [1.82, 2.24) is 10.6 Å². The maximum Gasteiger partial charge on any atom is 0.315 e. The van der Waals surface area contributed by atoms with E-state index in [1.807, 2.05) is 30.8 Å². The number of carbonyl (C=O) groups is 2. The molecule has 6 nitrogen and oxygen atoms in total. The van der Waals surface area contributed by atoms with Crippen LogP contribution in [0.1, 0.15) is 31.2 Å². The van der Waals surface area contributed by atoms with Gasteiger partial charge in [-0.3, -0.25) is 4.79 Å². The van der Waals surface area contributed by atoms with Gasteiger partial charge in [-0.1, -0.05) is 12.5 Å². The van der Waals surface area contributed by atoms with Crippen LogP contribution in [0.4, 0.5) is 16.2 Å². The van der Waals surface area contributed by atoms with E-state index in [1.54, 1.807) is 6.07 Å². The Labute approximate surface area is 158 Å². The molecular formula is C17H25ClN4O2S. The fraction of sp³-hybridized carbons (Fsp3) is 0.529. The number of hydrogen-bond acceptors (Lipinski definition) is 4. The summed E-state index contributed by atoms with van der Waals surface area (Å²) in [7, 11) is 0. The summed E-state index contributed by atoms with van der Waals surface area (Å²) in [4.78, 5) is 23.4. The second-order valence-electron chi connectivity index (χ2n) is 6.49. The molecule has 0 aliphatic carbocycles. The molecule has 0 aromatic heterocycles. The molecule has 2 saturated heterocycles. The van der Waals surface area contributed by atoms with E-state index in [0.29, 0.717) is 17.4 Å². The van der Waals surface area contributed by atoms with Crippen LogP contribution in [0.5, 0.6) is 0 Å². The van der Waals surface area contributed by atoms with Gasteiger partial charge in [0.15, 0.2) is 0 Å². The number of hydrogen-bond donors (Lipinski definition) is 4. The Morgan fingerprint density at radius 2 is 2.16 bits per heavy atom. The number of thioether (sulfide) groups is 1. The van der Waals surface area contributed by atoms with Gasteiger partial charge in [0.25, 0.3) is 0 Å². The van der Waals surface area contributed by atoms with Gasteiger partial charge in [0.1, 0.15) is 0 Å². The highest BCUT2D eigenvalue weighted by Gasteiger charge is 2.42. The Morgan fingerprint density at radius 3 is 2.96 bits per heavy atom. The zero-order chi connectivity index (χ0) is 17.1. The van der Waals surface area contributed by atoms with E-state index < -0.39 is 0 Å². The van der Waals surface area contributed by atoms with Gasteiger partial charge < -0.3 is 21.7 Å². The van der Waals surface area contributed by atoms with Gasteiger partial charge in [-0.15, -0.1) is 12.4 Å². The van der Waals surface area contributed by atoms with Crippen molar-refractivity contribution in [2.75, 3.05) is 16.8 Å². The first-order valence-electron chi connectivity index (χ1n) is 8.37. The smallest absolute Gasteiger partial charge is 0.315 e. The summed E-state index contributed by atoms with van der Waals surface area (Å²) in [6.45, 7) is 1.95. The monoisotopic (exact) mass is 384 g/mol. The standard InChI is InChI=1S/C17H24N4O2S.ClH/c1-10-6-7-11(18)8-12(10)19-15(22)5-3-2-4-14-16-13(9-24-14)20-17(23)21-16;/h6-8,13-14,16H,2-5,9,18H2,1H3,(H,19,22)(H2,20,21,23);1H. The third-order valence-electron chi connectivity index (χ3n) is 4.62. The minimum atomic E-state index is -0.0489. The molecule has 0 spiro atoms. The van der Waals surface area contributed by atoms with E-state index in [9.17, 15) is 9.59 Å². The predicted octanol–water partition coefficient (Wildman–Crippen LogP) is 2.66. The van der Waals surface area contributed by atoms with Crippen molar-refractivity contribution in [2.24, 2.45) is 0 Å². The number of fused-ring (bicyclic) bond motifs is 1. The van der Waals surface area contributed by atoms with Crippen molar-refractivity contribution in [3.63, 3.8) is 0 Å². The summed E-state index contributed by atoms with van der Waals surface area (Å²) >= 11 is 1.91. The number of unbranched alkanes of at least 4 members (excludes halogenated alkanes) is 1. The summed E-state index contributed by atoms with van der Waals surface area (Å²) < 4.78 is 0. The van der Waals surface area contributed by atoms with Crippen molar-refractivity contribution < 1.29 is 9.59 Å². The SMILES string of the molecule is Cc1ccc(N)cc1NC(=O)CCCCC1SCC2NC(=O)NC21.Cl. The van der Waals surface area contributed by atoms with Gasteiger partial charge in [0, 0.05) is 28.8 Å². The Kier molecular flexibility index (Phi) is 6.84. The molecule has 0 saturated carbocycles. The second-order valence-corrected chi connectivity index (χ2v) is 7.76. The number of urea groups is 1. The highest BCUT2D eigenvalue weighted by Crippen LogP contribution is 2.33. The number of nitrogens with two attached hydrogens (primary N) is 1. The van der Waals surface area contributed by atoms with E-state index in [4.69, 9.17) is 5.73 Å². The van der Waals surface area contributed by atoms with Crippen molar-refractivity contribution in [3.05, 3.63) is 23.8 Å². The Balaban J connectivity index is 0.00000225. The third-order valence-corrected chi connectivity index (χ3v) is 6.12. The zero-order valence-electron chi connectivity index (χ0n) is 14.2. The van der Waals surface area contributed by atoms with Crippen LogP contribution < -0.4 is 21.7 Å². The number of benzene rings is 1. The minimum absolute atomic E-state index is 0. The number of nitrogens with one attached hydrogen (secondary N) is 3. The second kappa shape index (κ2) is 8.67. The van der Waals surface area contributed by atoms with E-state index in [-0.39, 0.29) is 36.4 Å². The number of halogens is 1. The summed E-state index contributed by atoms with van der Waals surface area (Å²) in [5.41, 5.74) is 8.20. The number of rotatable bonds is 6. The molecule has 2 aliphatic heterocycles. The van der Waals surface area contributed by atoms with Crippen LogP contribution in [-0.4, -0.2) is 35.0 Å². The minimum Gasteiger partial charge on any atom is -0.399 e. The molecule has 3 atom stereocenters. The zero-order valence-corrected chi connectivity index (χ0v) is 15.8. The molecule has 2 heterocycles. The first-order valence-corrected chi connectivity index (χ1v) is 9.42. The topological polar surface area (TPSA) is 96.2 Å². The number of amides is 3. The van der Waals surface area contributed by atoms with Gasteiger partial charge >= 0.3 is 6.03 Å². The Bertz CT molecular complexity index is 643. The molecule has 8 heteroatoms. The van der Waals surface area contributed by atoms with E-state index in [2.05, 4.69) is 16.0 Å². The molecule has 138 valence electrons. The van der Waals surface area contributed by atoms with Crippen molar-refractivity contribution in [2.45, 2.75) is 49.9 Å². The van der Waals surface area contributed by atoms with Gasteiger partial charge in [-0.25, -0.2) is 4.79 Å². The van der Waals surface area contributed by atoms with Crippen LogP contribution in [0.25, 0.3) is 0 Å². The fourth-order valence-electron chi connectivity index (χ4n) is 3.26. The van der Waals surface area contributed by atoms with Gasteiger partial charge in [0.2, 0.25) is 5.91 Å². The molecular weight excluding hydrogens is 360 g/mol. The lowest BCUT2D eigenvalue weighted by molar-refractivity contribution is -0.116. The lowest BCUT2D eigenvalue weighted by atomic mass is 10.0. The Hall–Kier alpha value is -1.60. The van der Waals surface area contributed by atoms with E-state index >= 15 is 0 Å². The predicted molar refractivity (Wildman–Crippen MR) is 105 cm³/mol. The summed E-state index contributed by atoms with van der Waals surface area (Å²) in [6, 6.07) is 5.98. The largest absolute Gasteiger partial charge is 0.399 e. The average Bonchev–Trinajstić information content (AvgIpc) is 3.07. The first-order chi connectivity index (χ1) is 11.5. The van der Waals surface area contributed by atoms with Crippen LogP contribution in [0.15, 0.2) is 18.2 Å². The molecule has 3 unspecified atom stereocenters. The van der Waals surface area contributed by atoms with Crippen LogP contribution in [0.3, 0.4) is 0 Å². The molecule has 5 N–H and O–H groups in total. The average molecular weight is 385 g/mol. The van der Waals surface area contributed by atoms with E-state index in [1.165, 1.54) is 0 Å². The number of nitrogen functional groups attached to an aromatic ring is 1. The van der Waals surface area contributed by atoms with Crippen LogP contribution in [0.2, 0.25) is 0 Å². The third kappa shape index (κ3) is 4.95. The van der Waals surface area contributed by atoms with Crippen molar-refractivity contribution in [3.8, 4) is 0 Å². The molecule has 3 amide bonds. The molecule has 3 rings (SSSR count). The normalized spacial score (nSPS) is 24.0. The van der Waals surface area contributed by atoms with Gasteiger partial charge in [-0.2, -0.15) is 11.8 Å². The maximum absolute atomic E-state index is 12.1. The van der Waals surface area contributed by atoms with Crippen molar-refractivity contribution in [1.29, 1.82) is 0 Å². The number of carbonyl (C=O) groups excluding carboxylic acids is 2. The molecule has 2 aliphatic rings. The maximum atomic E-state index is 12.1. The van der Waals surface area contributed by atoms with Crippen LogP contribution in [0, 0.1) is 6.92 Å². The molecule has 1 aromatic rings. The van der Waals surface area contributed by atoms with E-state index in [0.717, 1.165) is 36.3 Å². The van der Waals surface area contributed by atoms with Crippen LogP contribution >= 0.6 is 24.2 Å². The molecule has 0 radical (unpaired) electrons. The Morgan fingerprint density at radius 1 is 1.36 bits per heavy atom. The highest BCUT2D eigenvalue weighted by molar-refractivity contribution is 8.00. The van der Waals surface area contributed by atoms with Gasteiger partial charge in [0.05, 0.1) is 12.1 Å². The lowest BCUT2D eigenvalue weighted by Gasteiger charge is -2.16. The fourth-order valence-corrected chi connectivity index (χ4v) is 4.80. The molecule has 1 aromatic carbocycles. The number of aryl methyl sites for hydroxylation is 1. The van der Waals surface area contributed by atoms with Crippen molar-refractivity contribution >= 4 is 47.5 Å². The summed E-state index contributed by atoms with van der Waals surface area (Å²) in [6.07, 6.45) is 3.37.